The molecule has 0 aromatic rings. The Bertz CT molecular complexity index is 625. The van der Waals surface area contributed by atoms with Crippen LogP contribution in [-0.4, -0.2) is 71.7 Å². The van der Waals surface area contributed by atoms with Gasteiger partial charge in [-0.25, -0.2) is 4.79 Å². The van der Waals surface area contributed by atoms with Gasteiger partial charge in [-0.1, -0.05) is 48.1 Å². The Hall–Kier alpha value is -1.71. The molecule has 0 bridgehead atoms. The van der Waals surface area contributed by atoms with Gasteiger partial charge in [-0.05, 0) is 43.4 Å². The second-order valence-electron chi connectivity index (χ2n) is 8.36. The molecule has 0 aromatic heterocycles. The number of nitrogens with one attached hydrogen (secondary N) is 1. The third-order valence-electron chi connectivity index (χ3n) is 4.58. The maximum atomic E-state index is 11.6. The van der Waals surface area contributed by atoms with E-state index in [9.17, 15) is 20.1 Å². The maximum absolute atomic E-state index is 11.6. The molecule has 4 N–H and O–H groups in total. The van der Waals surface area contributed by atoms with Crippen molar-refractivity contribution >= 4 is 5.97 Å². The van der Waals surface area contributed by atoms with Crippen molar-refractivity contribution in [2.45, 2.75) is 97.6 Å². The van der Waals surface area contributed by atoms with E-state index >= 15 is 0 Å². The maximum Gasteiger partial charge on any atom is 0.333 e. The summed E-state index contributed by atoms with van der Waals surface area (Å²) in [5.74, 6) is 0.627. The van der Waals surface area contributed by atoms with E-state index in [4.69, 9.17) is 14.2 Å². The summed E-state index contributed by atoms with van der Waals surface area (Å²) in [7, 11) is 1.30. The zero-order valence-corrected chi connectivity index (χ0v) is 21.3. The van der Waals surface area contributed by atoms with Crippen LogP contribution in [0, 0.1) is 5.92 Å². The van der Waals surface area contributed by atoms with Crippen molar-refractivity contribution in [3.63, 3.8) is 0 Å². The van der Waals surface area contributed by atoms with Crippen LogP contribution in [0.4, 0.5) is 0 Å². The molecule has 0 radical (unpaired) electrons. The summed E-state index contributed by atoms with van der Waals surface area (Å²) in [4.78, 5) is 11.6. The van der Waals surface area contributed by atoms with Gasteiger partial charge in [0.25, 0.3) is 0 Å². The van der Waals surface area contributed by atoms with Gasteiger partial charge in [0.1, 0.15) is 30.2 Å². The number of methoxy groups -OCH3 is 1. The molecular formula is C25H45NO7. The lowest BCUT2D eigenvalue weighted by Crippen LogP contribution is -2.60. The molecule has 8 heteroatoms. The molecule has 33 heavy (non-hydrogen) atoms. The van der Waals surface area contributed by atoms with E-state index in [2.05, 4.69) is 32.7 Å². The molecule has 1 saturated carbocycles. The number of carbonyl (C=O) groups is 1. The first kappa shape index (κ1) is 31.3. The van der Waals surface area contributed by atoms with E-state index in [0.29, 0.717) is 24.6 Å². The van der Waals surface area contributed by atoms with Crippen molar-refractivity contribution in [3.8, 4) is 0 Å². The van der Waals surface area contributed by atoms with Crippen molar-refractivity contribution in [2.75, 3.05) is 13.7 Å². The molecule has 5 atom stereocenters. The number of allylic oxidation sites excluding steroid dienone is 3. The van der Waals surface area contributed by atoms with Gasteiger partial charge in [-0.2, -0.15) is 0 Å². The number of carbonyl (C=O) groups excluding carboxylic acids is 1. The second kappa shape index (κ2) is 16.8. The summed E-state index contributed by atoms with van der Waals surface area (Å²) >= 11 is 0. The van der Waals surface area contributed by atoms with Crippen LogP contribution in [0.1, 0.15) is 60.8 Å². The minimum atomic E-state index is -1.43. The molecule has 0 amide bonds. The summed E-state index contributed by atoms with van der Waals surface area (Å²) in [5.41, 5.74) is 0.438. The first-order chi connectivity index (χ1) is 15.6. The number of ether oxygens (including phenoxy) is 3. The summed E-state index contributed by atoms with van der Waals surface area (Å²) in [5, 5.41) is 33.6. The van der Waals surface area contributed by atoms with Gasteiger partial charge in [0.2, 0.25) is 6.29 Å². The number of rotatable bonds is 9. The van der Waals surface area contributed by atoms with E-state index in [1.54, 1.807) is 0 Å². The topological polar surface area (TPSA) is 117 Å². The molecule has 1 saturated heterocycles. The van der Waals surface area contributed by atoms with Crippen LogP contribution in [0.2, 0.25) is 0 Å². The van der Waals surface area contributed by atoms with Crippen molar-refractivity contribution in [2.24, 2.45) is 5.92 Å². The molecule has 2 fully saturated rings. The van der Waals surface area contributed by atoms with Gasteiger partial charge in [0.05, 0.1) is 7.11 Å². The van der Waals surface area contributed by atoms with Crippen LogP contribution in [0.5, 0.6) is 0 Å². The minimum absolute atomic E-state index is 0.242. The number of hydrogen-bond donors (Lipinski definition) is 4. The molecule has 2 aliphatic rings. The second-order valence-corrected chi connectivity index (χ2v) is 8.36. The lowest BCUT2D eigenvalue weighted by Gasteiger charge is -2.40. The molecule has 192 valence electrons. The molecule has 1 aliphatic carbocycles. The van der Waals surface area contributed by atoms with E-state index in [0.717, 1.165) is 18.8 Å². The zero-order valence-electron chi connectivity index (χ0n) is 21.3. The van der Waals surface area contributed by atoms with Gasteiger partial charge >= 0.3 is 5.97 Å². The Labute approximate surface area is 199 Å². The summed E-state index contributed by atoms with van der Waals surface area (Å²) in [6, 6.07) is 0.406. The van der Waals surface area contributed by atoms with Crippen LogP contribution in [0.3, 0.4) is 0 Å². The third-order valence-corrected chi connectivity index (χ3v) is 4.58. The highest BCUT2D eigenvalue weighted by Gasteiger charge is 2.45. The van der Waals surface area contributed by atoms with Crippen molar-refractivity contribution < 1.29 is 34.3 Å². The SMILES string of the molecule is C=C/C(=C\C=C(/CC)C(=O)OC)O[C@H]1OC(CNC2CC2)[C@@H](O)C(O)C1O.CC.CC(C)C. The van der Waals surface area contributed by atoms with E-state index < -0.39 is 36.7 Å². The van der Waals surface area contributed by atoms with Gasteiger partial charge in [0.15, 0.2) is 0 Å². The number of aliphatic hydroxyl groups excluding tert-OH is 3. The minimum Gasteiger partial charge on any atom is -0.466 e. The van der Waals surface area contributed by atoms with Crippen molar-refractivity contribution in [1.82, 2.24) is 5.32 Å². The fourth-order valence-corrected chi connectivity index (χ4v) is 2.69. The summed E-state index contributed by atoms with van der Waals surface area (Å²) in [6.07, 6.45) is 1.08. The first-order valence-corrected chi connectivity index (χ1v) is 11.9. The summed E-state index contributed by atoms with van der Waals surface area (Å²) < 4.78 is 15.9. The first-order valence-electron chi connectivity index (χ1n) is 11.9. The largest absolute Gasteiger partial charge is 0.466 e. The van der Waals surface area contributed by atoms with E-state index in [1.165, 1.54) is 25.3 Å². The van der Waals surface area contributed by atoms with Gasteiger partial charge in [0, 0.05) is 18.2 Å². The summed E-state index contributed by atoms with van der Waals surface area (Å²) in [6.45, 7) is 16.3. The molecule has 1 aliphatic heterocycles. The lowest BCUT2D eigenvalue weighted by molar-refractivity contribution is -0.284. The quantitative estimate of drug-likeness (QED) is 0.176. The molecule has 2 rings (SSSR count). The molecule has 1 heterocycles. The van der Waals surface area contributed by atoms with E-state index in [-0.39, 0.29) is 5.76 Å². The number of esters is 1. The Morgan fingerprint density at radius 3 is 2.15 bits per heavy atom. The number of hydrogen-bond acceptors (Lipinski definition) is 8. The Morgan fingerprint density at radius 2 is 1.70 bits per heavy atom. The smallest absolute Gasteiger partial charge is 0.333 e. The highest BCUT2D eigenvalue weighted by atomic mass is 16.7. The van der Waals surface area contributed by atoms with Crippen LogP contribution < -0.4 is 5.32 Å². The van der Waals surface area contributed by atoms with Crippen LogP contribution in [-0.2, 0) is 19.0 Å². The molecule has 0 spiro atoms. The predicted molar refractivity (Wildman–Crippen MR) is 129 cm³/mol. The average molecular weight is 472 g/mol. The van der Waals surface area contributed by atoms with Crippen molar-refractivity contribution in [1.29, 1.82) is 0 Å². The molecule has 3 unspecified atom stereocenters. The fourth-order valence-electron chi connectivity index (χ4n) is 2.69. The predicted octanol–water partition coefficient (Wildman–Crippen LogP) is 2.83. The molecule has 8 nitrogen and oxygen atoms in total. The average Bonchev–Trinajstić information content (AvgIpc) is 3.63. The Balaban J connectivity index is 0.00000154. The van der Waals surface area contributed by atoms with Crippen LogP contribution in [0.25, 0.3) is 0 Å². The van der Waals surface area contributed by atoms with Crippen LogP contribution in [0.15, 0.2) is 36.1 Å². The number of aliphatic hydroxyl groups is 3. The Kier molecular flexibility index (Phi) is 16.0. The van der Waals surface area contributed by atoms with Crippen molar-refractivity contribution in [3.05, 3.63) is 36.1 Å². The van der Waals surface area contributed by atoms with Gasteiger partial charge < -0.3 is 34.8 Å². The highest BCUT2D eigenvalue weighted by molar-refractivity contribution is 5.88. The van der Waals surface area contributed by atoms with E-state index in [1.807, 2.05) is 20.8 Å². The third kappa shape index (κ3) is 11.8. The van der Waals surface area contributed by atoms with Gasteiger partial charge in [-0.15, -0.1) is 0 Å². The fraction of sp³-hybridized carbons (Fsp3) is 0.720. The zero-order chi connectivity index (χ0) is 25.6. The lowest BCUT2D eigenvalue weighted by atomic mass is 9.99. The normalized spacial score (nSPS) is 27.5. The monoisotopic (exact) mass is 471 g/mol. The molecular weight excluding hydrogens is 426 g/mol. The highest BCUT2D eigenvalue weighted by Crippen LogP contribution is 2.25. The standard InChI is InChI=1S/C19H29NO7.C4H10.C2H6/c1-4-11(18(24)25-3)6-9-13(5-2)26-19-17(23)16(22)15(21)14(27-19)10-20-12-7-8-12;1-4(2)3;1-2/h5-6,9,12,14-17,19-23H,2,4,7-8,10H2,1,3H3;4H,1-3H3;1-2H3/b11-6+,13-9+;;/t14?,15-,16?,17?,19+;;/m1../s1. The van der Waals surface area contributed by atoms with Crippen LogP contribution >= 0.6 is 0 Å². The molecule has 0 aromatic carbocycles. The Morgan fingerprint density at radius 1 is 1.12 bits per heavy atom. The van der Waals surface area contributed by atoms with Gasteiger partial charge in [-0.3, -0.25) is 0 Å².